The third kappa shape index (κ3) is 3.05. The first-order chi connectivity index (χ1) is 10.1. The number of anilines is 1. The first-order valence-corrected chi connectivity index (χ1v) is 7.27. The summed E-state index contributed by atoms with van der Waals surface area (Å²) in [4.78, 5) is 0. The van der Waals surface area contributed by atoms with E-state index < -0.39 is 0 Å². The van der Waals surface area contributed by atoms with Gasteiger partial charge < -0.3 is 10.5 Å². The van der Waals surface area contributed by atoms with Crippen LogP contribution in [0.2, 0.25) is 0 Å². The van der Waals surface area contributed by atoms with Gasteiger partial charge in [-0.15, -0.1) is 5.10 Å². The molecule has 2 heterocycles. The second-order valence-electron chi connectivity index (χ2n) is 6.22. The van der Waals surface area contributed by atoms with Gasteiger partial charge in [0.05, 0.1) is 6.54 Å². The summed E-state index contributed by atoms with van der Waals surface area (Å²) in [7, 11) is 0. The summed E-state index contributed by atoms with van der Waals surface area (Å²) < 4.78 is 7.34. The third-order valence-electron chi connectivity index (χ3n) is 4.12. The largest absolute Gasteiger partial charge is 0.399 e. The number of nitrogen functional groups attached to an aromatic ring is 1. The zero-order valence-electron chi connectivity index (χ0n) is 12.5. The standard InChI is InChI=1S/C15H21N5O/c1-11-7-12(9-13(16)8-11)14-17-18-19-20(14)10-15(2)3-5-21-6-4-15/h7-9H,3-6,10,16H2,1-2H3. The van der Waals surface area contributed by atoms with Crippen molar-refractivity contribution >= 4 is 5.69 Å². The lowest BCUT2D eigenvalue weighted by molar-refractivity contribution is 0.0138. The zero-order valence-corrected chi connectivity index (χ0v) is 12.5. The number of nitrogens with two attached hydrogens (primary N) is 1. The smallest absolute Gasteiger partial charge is 0.182 e. The topological polar surface area (TPSA) is 78.9 Å². The van der Waals surface area contributed by atoms with Crippen molar-refractivity contribution in [2.45, 2.75) is 33.2 Å². The monoisotopic (exact) mass is 287 g/mol. The van der Waals surface area contributed by atoms with Gasteiger partial charge >= 0.3 is 0 Å². The number of benzene rings is 1. The van der Waals surface area contributed by atoms with Crippen LogP contribution < -0.4 is 5.73 Å². The fraction of sp³-hybridized carbons (Fsp3) is 0.533. The molecule has 21 heavy (non-hydrogen) atoms. The van der Waals surface area contributed by atoms with Gasteiger partial charge in [-0.3, -0.25) is 0 Å². The molecule has 1 aromatic heterocycles. The molecule has 1 aliphatic heterocycles. The van der Waals surface area contributed by atoms with Crippen LogP contribution in [0.4, 0.5) is 5.69 Å². The van der Waals surface area contributed by atoms with Crippen LogP contribution in [0.1, 0.15) is 25.3 Å². The van der Waals surface area contributed by atoms with Crippen molar-refractivity contribution in [3.8, 4) is 11.4 Å². The Morgan fingerprint density at radius 2 is 2.05 bits per heavy atom. The van der Waals surface area contributed by atoms with E-state index in [1.54, 1.807) is 0 Å². The zero-order chi connectivity index (χ0) is 14.9. The van der Waals surface area contributed by atoms with Crippen LogP contribution in [0.5, 0.6) is 0 Å². The molecule has 112 valence electrons. The molecular weight excluding hydrogens is 266 g/mol. The minimum absolute atomic E-state index is 0.178. The first-order valence-electron chi connectivity index (χ1n) is 7.27. The Morgan fingerprint density at radius 1 is 1.29 bits per heavy atom. The van der Waals surface area contributed by atoms with Crippen LogP contribution in [0.25, 0.3) is 11.4 Å². The molecule has 2 N–H and O–H groups in total. The molecule has 1 saturated heterocycles. The number of aryl methyl sites for hydroxylation is 1. The molecule has 0 atom stereocenters. The van der Waals surface area contributed by atoms with E-state index in [4.69, 9.17) is 10.5 Å². The summed E-state index contributed by atoms with van der Waals surface area (Å²) >= 11 is 0. The molecule has 3 rings (SSSR count). The molecule has 2 aromatic rings. The minimum atomic E-state index is 0.178. The summed E-state index contributed by atoms with van der Waals surface area (Å²) in [6.45, 7) is 6.71. The van der Waals surface area contributed by atoms with Crippen molar-refractivity contribution in [1.82, 2.24) is 20.2 Å². The van der Waals surface area contributed by atoms with Gasteiger partial charge in [-0.2, -0.15) is 0 Å². The fourth-order valence-electron chi connectivity index (χ4n) is 2.84. The van der Waals surface area contributed by atoms with E-state index in [2.05, 4.69) is 28.5 Å². The lowest BCUT2D eigenvalue weighted by Gasteiger charge is -2.33. The SMILES string of the molecule is Cc1cc(N)cc(-c2nnnn2CC2(C)CCOCC2)c1. The molecule has 0 saturated carbocycles. The summed E-state index contributed by atoms with van der Waals surface area (Å²) in [5.41, 5.74) is 8.92. The van der Waals surface area contributed by atoms with E-state index in [0.717, 1.165) is 55.2 Å². The van der Waals surface area contributed by atoms with Gasteiger partial charge in [-0.25, -0.2) is 4.68 Å². The fourth-order valence-corrected chi connectivity index (χ4v) is 2.84. The van der Waals surface area contributed by atoms with Gasteiger partial charge in [0.15, 0.2) is 5.82 Å². The molecule has 1 fully saturated rings. The van der Waals surface area contributed by atoms with Crippen molar-refractivity contribution in [3.05, 3.63) is 23.8 Å². The normalized spacial score (nSPS) is 17.8. The first kappa shape index (κ1) is 14.0. The van der Waals surface area contributed by atoms with Crippen LogP contribution >= 0.6 is 0 Å². The Labute approximate surface area is 124 Å². The van der Waals surface area contributed by atoms with E-state index >= 15 is 0 Å². The molecule has 0 radical (unpaired) electrons. The van der Waals surface area contributed by atoms with Gasteiger partial charge in [-0.1, -0.05) is 6.92 Å². The summed E-state index contributed by atoms with van der Waals surface area (Å²) in [5.74, 6) is 0.776. The van der Waals surface area contributed by atoms with E-state index in [1.165, 1.54) is 0 Å². The molecule has 6 heteroatoms. The van der Waals surface area contributed by atoms with Crippen LogP contribution in [0.3, 0.4) is 0 Å². The Kier molecular flexibility index (Phi) is 3.63. The summed E-state index contributed by atoms with van der Waals surface area (Å²) in [6.07, 6.45) is 2.06. The number of rotatable bonds is 3. The molecule has 0 aliphatic carbocycles. The Hall–Kier alpha value is -1.95. The van der Waals surface area contributed by atoms with Crippen molar-refractivity contribution in [2.24, 2.45) is 5.41 Å². The van der Waals surface area contributed by atoms with E-state index in [9.17, 15) is 0 Å². The Bertz CT molecular complexity index is 610. The number of aromatic nitrogens is 4. The molecule has 0 bridgehead atoms. The second kappa shape index (κ2) is 5.44. The number of tetrazole rings is 1. The predicted octanol–water partition coefficient (Wildman–Crippen LogP) is 2.05. The number of hydrogen-bond acceptors (Lipinski definition) is 5. The molecule has 0 unspecified atom stereocenters. The average Bonchev–Trinajstić information content (AvgIpc) is 2.85. The minimum Gasteiger partial charge on any atom is -0.399 e. The number of nitrogens with zero attached hydrogens (tertiary/aromatic N) is 4. The van der Waals surface area contributed by atoms with Gasteiger partial charge in [-0.05, 0) is 59.4 Å². The Morgan fingerprint density at radius 3 is 2.76 bits per heavy atom. The quantitative estimate of drug-likeness (QED) is 0.874. The maximum atomic E-state index is 5.93. The highest BCUT2D eigenvalue weighted by Gasteiger charge is 2.29. The van der Waals surface area contributed by atoms with Gasteiger partial charge in [0.2, 0.25) is 0 Å². The Balaban J connectivity index is 1.90. The third-order valence-corrected chi connectivity index (χ3v) is 4.12. The van der Waals surface area contributed by atoms with Crippen molar-refractivity contribution in [1.29, 1.82) is 0 Å². The summed E-state index contributed by atoms with van der Waals surface area (Å²) in [5, 5.41) is 12.2. The van der Waals surface area contributed by atoms with E-state index in [-0.39, 0.29) is 5.41 Å². The van der Waals surface area contributed by atoms with Gasteiger partial charge in [0.1, 0.15) is 0 Å². The highest BCUT2D eigenvalue weighted by atomic mass is 16.5. The highest BCUT2D eigenvalue weighted by molar-refractivity contribution is 5.62. The molecule has 6 nitrogen and oxygen atoms in total. The van der Waals surface area contributed by atoms with Crippen LogP contribution in [-0.4, -0.2) is 33.4 Å². The number of hydrogen-bond donors (Lipinski definition) is 1. The van der Waals surface area contributed by atoms with Crippen molar-refractivity contribution < 1.29 is 4.74 Å². The van der Waals surface area contributed by atoms with E-state index in [1.807, 2.05) is 23.7 Å². The summed E-state index contributed by atoms with van der Waals surface area (Å²) in [6, 6.07) is 5.92. The van der Waals surface area contributed by atoms with Crippen LogP contribution in [0.15, 0.2) is 18.2 Å². The van der Waals surface area contributed by atoms with Crippen LogP contribution in [0, 0.1) is 12.3 Å². The van der Waals surface area contributed by atoms with E-state index in [0.29, 0.717) is 0 Å². The molecule has 1 aliphatic rings. The van der Waals surface area contributed by atoms with Crippen molar-refractivity contribution in [3.63, 3.8) is 0 Å². The van der Waals surface area contributed by atoms with Crippen molar-refractivity contribution in [2.75, 3.05) is 18.9 Å². The van der Waals surface area contributed by atoms with Gasteiger partial charge in [0, 0.05) is 24.5 Å². The maximum Gasteiger partial charge on any atom is 0.182 e. The molecule has 0 amide bonds. The number of ether oxygens (including phenoxy) is 1. The molecule has 0 spiro atoms. The second-order valence-corrected chi connectivity index (χ2v) is 6.22. The lowest BCUT2D eigenvalue weighted by Crippen LogP contribution is -2.31. The van der Waals surface area contributed by atoms with Gasteiger partial charge in [0.25, 0.3) is 0 Å². The maximum absolute atomic E-state index is 5.93. The average molecular weight is 287 g/mol. The van der Waals surface area contributed by atoms with Crippen LogP contribution in [-0.2, 0) is 11.3 Å². The highest BCUT2D eigenvalue weighted by Crippen LogP contribution is 2.32. The predicted molar refractivity (Wildman–Crippen MR) is 80.6 cm³/mol. The molecule has 1 aromatic carbocycles. The lowest BCUT2D eigenvalue weighted by atomic mass is 9.82. The molecular formula is C15H21N5O.